The molecular formula is C13H15ClFN3O2. The maximum Gasteiger partial charge on any atom is 0.313 e. The average Bonchev–Trinajstić information content (AvgIpc) is 2.72. The summed E-state index contributed by atoms with van der Waals surface area (Å²) < 4.78 is 13.7. The van der Waals surface area contributed by atoms with Gasteiger partial charge in [-0.25, -0.2) is 4.39 Å². The highest BCUT2D eigenvalue weighted by Crippen LogP contribution is 2.21. The molecule has 1 aliphatic rings. The fourth-order valence-corrected chi connectivity index (χ4v) is 2.14. The zero-order valence-electron chi connectivity index (χ0n) is 10.8. The van der Waals surface area contributed by atoms with Crippen molar-refractivity contribution in [2.75, 3.05) is 31.5 Å². The molecule has 2 rings (SSSR count). The summed E-state index contributed by atoms with van der Waals surface area (Å²) in [5.41, 5.74) is -0.0937. The Bertz CT molecular complexity index is 516. The summed E-state index contributed by atoms with van der Waals surface area (Å²) in [5.74, 6) is -2.26. The van der Waals surface area contributed by atoms with E-state index in [1.54, 1.807) is 0 Å². The normalized spacial score (nSPS) is 15.6. The first-order valence-corrected chi connectivity index (χ1v) is 6.72. The summed E-state index contributed by atoms with van der Waals surface area (Å²) in [7, 11) is 0. The molecule has 0 spiro atoms. The van der Waals surface area contributed by atoms with Gasteiger partial charge in [-0.15, -0.1) is 0 Å². The van der Waals surface area contributed by atoms with Gasteiger partial charge in [0.1, 0.15) is 0 Å². The summed E-state index contributed by atoms with van der Waals surface area (Å²) in [5, 5.41) is 5.29. The van der Waals surface area contributed by atoms with Gasteiger partial charge in [0, 0.05) is 19.6 Å². The molecule has 5 nitrogen and oxygen atoms in total. The lowest BCUT2D eigenvalue weighted by atomic mass is 10.3. The smallest absolute Gasteiger partial charge is 0.313 e. The molecule has 2 N–H and O–H groups in total. The van der Waals surface area contributed by atoms with Gasteiger partial charge in [-0.3, -0.25) is 9.59 Å². The van der Waals surface area contributed by atoms with Crippen molar-refractivity contribution < 1.29 is 14.0 Å². The summed E-state index contributed by atoms with van der Waals surface area (Å²) in [4.78, 5) is 25.3. The molecule has 2 amide bonds. The number of carbonyl (C=O) groups excluding carboxylic acids is 2. The molecule has 0 unspecified atom stereocenters. The van der Waals surface area contributed by atoms with Crippen LogP contribution in [0, 0.1) is 5.82 Å². The Labute approximate surface area is 121 Å². The number of hydrogen-bond donors (Lipinski definition) is 2. The molecular weight excluding hydrogens is 285 g/mol. The van der Waals surface area contributed by atoms with Crippen molar-refractivity contribution in [1.82, 2.24) is 10.2 Å². The van der Waals surface area contributed by atoms with Gasteiger partial charge in [-0.1, -0.05) is 17.7 Å². The van der Waals surface area contributed by atoms with E-state index < -0.39 is 17.6 Å². The van der Waals surface area contributed by atoms with Crippen molar-refractivity contribution in [3.8, 4) is 0 Å². The summed E-state index contributed by atoms with van der Waals surface area (Å²) in [6.45, 7) is 2.43. The number of halogens is 2. The predicted octanol–water partition coefficient (Wildman–Crippen LogP) is 1.24. The van der Waals surface area contributed by atoms with Gasteiger partial charge in [0.25, 0.3) is 0 Å². The molecule has 20 heavy (non-hydrogen) atoms. The number of hydrogen-bond acceptors (Lipinski definition) is 3. The number of carbonyl (C=O) groups is 2. The molecule has 1 fully saturated rings. The van der Waals surface area contributed by atoms with Crippen LogP contribution in [-0.2, 0) is 9.59 Å². The Hall–Kier alpha value is -1.66. The summed E-state index contributed by atoms with van der Waals surface area (Å²) >= 11 is 5.62. The van der Waals surface area contributed by atoms with Crippen LogP contribution >= 0.6 is 11.6 Å². The van der Waals surface area contributed by atoms with Crippen LogP contribution < -0.4 is 10.6 Å². The van der Waals surface area contributed by atoms with Crippen LogP contribution in [0.2, 0.25) is 5.02 Å². The van der Waals surface area contributed by atoms with E-state index in [4.69, 9.17) is 11.6 Å². The maximum atomic E-state index is 13.7. The first kappa shape index (κ1) is 14.7. The van der Waals surface area contributed by atoms with Crippen LogP contribution in [0.5, 0.6) is 0 Å². The molecule has 7 heteroatoms. The standard InChI is InChI=1S/C13H15ClFN3O2/c14-9-3-1-4-10(11(9)15)17-12(19)13(20)18-7-2-5-16-6-8-18/h1,3-4,16H,2,5-8H2,(H,17,19). The third-order valence-corrected chi connectivity index (χ3v) is 3.31. The number of rotatable bonds is 1. The number of amides is 2. The summed E-state index contributed by atoms with van der Waals surface area (Å²) in [6.07, 6.45) is 0.782. The predicted molar refractivity (Wildman–Crippen MR) is 74.1 cm³/mol. The zero-order valence-corrected chi connectivity index (χ0v) is 11.5. The van der Waals surface area contributed by atoms with Crippen molar-refractivity contribution in [1.29, 1.82) is 0 Å². The van der Waals surface area contributed by atoms with E-state index in [2.05, 4.69) is 10.6 Å². The minimum absolute atomic E-state index is 0.0937. The minimum atomic E-state index is -0.854. The SMILES string of the molecule is O=C(Nc1cccc(Cl)c1F)C(=O)N1CCCNCC1. The Kier molecular flexibility index (Phi) is 4.92. The van der Waals surface area contributed by atoms with Gasteiger partial charge in [0.2, 0.25) is 0 Å². The van der Waals surface area contributed by atoms with E-state index in [0.29, 0.717) is 19.6 Å². The van der Waals surface area contributed by atoms with E-state index in [-0.39, 0.29) is 10.7 Å². The molecule has 0 saturated carbocycles. The lowest BCUT2D eigenvalue weighted by molar-refractivity contribution is -0.143. The Morgan fingerprint density at radius 1 is 1.30 bits per heavy atom. The quantitative estimate of drug-likeness (QED) is 0.767. The van der Waals surface area contributed by atoms with E-state index in [9.17, 15) is 14.0 Å². The van der Waals surface area contributed by atoms with Crippen molar-refractivity contribution in [3.63, 3.8) is 0 Å². The van der Waals surface area contributed by atoms with Crippen molar-refractivity contribution >= 4 is 29.1 Å². The van der Waals surface area contributed by atoms with Crippen molar-refractivity contribution in [2.24, 2.45) is 0 Å². The lowest BCUT2D eigenvalue weighted by Crippen LogP contribution is -2.41. The molecule has 0 aromatic heterocycles. The van der Waals surface area contributed by atoms with Gasteiger partial charge >= 0.3 is 11.8 Å². The molecule has 1 aromatic rings. The number of benzene rings is 1. The van der Waals surface area contributed by atoms with Crippen LogP contribution in [0.3, 0.4) is 0 Å². The number of nitrogens with one attached hydrogen (secondary N) is 2. The van der Waals surface area contributed by atoms with Crippen LogP contribution in [0.4, 0.5) is 10.1 Å². The molecule has 0 radical (unpaired) electrons. The second kappa shape index (κ2) is 6.67. The maximum absolute atomic E-state index is 13.7. The molecule has 1 saturated heterocycles. The molecule has 0 atom stereocenters. The third-order valence-electron chi connectivity index (χ3n) is 3.02. The number of nitrogens with zero attached hydrogens (tertiary/aromatic N) is 1. The largest absolute Gasteiger partial charge is 0.333 e. The van der Waals surface area contributed by atoms with Gasteiger partial charge in [0.15, 0.2) is 5.82 Å². The van der Waals surface area contributed by atoms with E-state index in [1.165, 1.54) is 23.1 Å². The van der Waals surface area contributed by atoms with Gasteiger partial charge in [-0.05, 0) is 25.1 Å². The third kappa shape index (κ3) is 3.46. The summed E-state index contributed by atoms with van der Waals surface area (Å²) in [6, 6.07) is 4.23. The molecule has 0 aliphatic carbocycles. The highest BCUT2D eigenvalue weighted by Gasteiger charge is 2.23. The van der Waals surface area contributed by atoms with Crippen LogP contribution in [-0.4, -0.2) is 42.9 Å². The first-order chi connectivity index (χ1) is 9.59. The van der Waals surface area contributed by atoms with Gasteiger partial charge < -0.3 is 15.5 Å². The lowest BCUT2D eigenvalue weighted by Gasteiger charge is -2.19. The fraction of sp³-hybridized carbons (Fsp3) is 0.385. The second-order valence-corrected chi connectivity index (χ2v) is 4.86. The average molecular weight is 300 g/mol. The Morgan fingerprint density at radius 2 is 2.10 bits per heavy atom. The molecule has 0 bridgehead atoms. The minimum Gasteiger partial charge on any atom is -0.333 e. The van der Waals surface area contributed by atoms with Crippen molar-refractivity contribution in [2.45, 2.75) is 6.42 Å². The van der Waals surface area contributed by atoms with Crippen molar-refractivity contribution in [3.05, 3.63) is 29.0 Å². The highest BCUT2D eigenvalue weighted by atomic mass is 35.5. The van der Waals surface area contributed by atoms with Crippen LogP contribution in [0.1, 0.15) is 6.42 Å². The van der Waals surface area contributed by atoms with Gasteiger partial charge in [0.05, 0.1) is 10.7 Å². The highest BCUT2D eigenvalue weighted by molar-refractivity contribution is 6.39. The van der Waals surface area contributed by atoms with E-state index >= 15 is 0 Å². The molecule has 1 aliphatic heterocycles. The molecule has 108 valence electrons. The van der Waals surface area contributed by atoms with Gasteiger partial charge in [-0.2, -0.15) is 0 Å². The first-order valence-electron chi connectivity index (χ1n) is 6.34. The topological polar surface area (TPSA) is 61.4 Å². The van der Waals surface area contributed by atoms with E-state index in [0.717, 1.165) is 13.0 Å². The van der Waals surface area contributed by atoms with Crippen LogP contribution in [0.15, 0.2) is 18.2 Å². The monoisotopic (exact) mass is 299 g/mol. The van der Waals surface area contributed by atoms with Crippen LogP contribution in [0.25, 0.3) is 0 Å². The molecule has 1 heterocycles. The molecule has 1 aromatic carbocycles. The Morgan fingerprint density at radius 3 is 2.90 bits per heavy atom. The Balaban J connectivity index is 2.03. The fourth-order valence-electron chi connectivity index (χ4n) is 1.97. The second-order valence-electron chi connectivity index (χ2n) is 4.45. The zero-order chi connectivity index (χ0) is 14.5. The van der Waals surface area contributed by atoms with E-state index in [1.807, 2.05) is 0 Å². The number of anilines is 1.